The summed E-state index contributed by atoms with van der Waals surface area (Å²) in [5.41, 5.74) is 0.300. The predicted molar refractivity (Wildman–Crippen MR) is 92.4 cm³/mol. The number of para-hydroxylation sites is 1. The smallest absolute Gasteiger partial charge is 0.253 e. The number of nitrogens with one attached hydrogen (secondary N) is 3. The zero-order valence-corrected chi connectivity index (χ0v) is 13.6. The number of nitriles is 1. The summed E-state index contributed by atoms with van der Waals surface area (Å²) >= 11 is 0. The van der Waals surface area contributed by atoms with Gasteiger partial charge in [-0.05, 0) is 37.8 Å². The van der Waals surface area contributed by atoms with E-state index in [1.54, 1.807) is 30.3 Å². The number of nitrogens with zero attached hydrogens (tertiary/aromatic N) is 1. The third kappa shape index (κ3) is 4.35. The first-order valence-corrected chi connectivity index (χ1v) is 8.04. The molecule has 1 aromatic carbocycles. The van der Waals surface area contributed by atoms with E-state index in [4.69, 9.17) is 0 Å². The molecule has 2 amide bonds. The number of carbonyl (C=O) groups excluding carboxylic acids is 2. The summed E-state index contributed by atoms with van der Waals surface area (Å²) in [6.45, 7) is 3.94. The van der Waals surface area contributed by atoms with Crippen molar-refractivity contribution in [1.82, 2.24) is 10.6 Å². The molecule has 1 aliphatic rings. The van der Waals surface area contributed by atoms with E-state index in [1.807, 2.05) is 0 Å². The lowest BCUT2D eigenvalue weighted by atomic mass is 10.00. The van der Waals surface area contributed by atoms with Crippen LogP contribution in [0.5, 0.6) is 0 Å². The first-order valence-electron chi connectivity index (χ1n) is 8.04. The predicted octanol–water partition coefficient (Wildman–Crippen LogP) is 1.97. The van der Waals surface area contributed by atoms with Gasteiger partial charge in [-0.15, -0.1) is 6.58 Å². The SMILES string of the molecule is C=CCNC(=O)c1ccccc1NCC(=O)NC1(C#N)CCCC1. The highest BCUT2D eigenvalue weighted by atomic mass is 16.2. The van der Waals surface area contributed by atoms with E-state index in [1.165, 1.54) is 0 Å². The minimum absolute atomic E-state index is 0.00911. The molecule has 24 heavy (non-hydrogen) atoms. The Morgan fingerprint density at radius 1 is 1.29 bits per heavy atom. The third-order valence-corrected chi connectivity index (χ3v) is 4.07. The zero-order chi connectivity index (χ0) is 17.4. The van der Waals surface area contributed by atoms with E-state index in [2.05, 4.69) is 28.6 Å². The second-order valence-corrected chi connectivity index (χ2v) is 5.85. The van der Waals surface area contributed by atoms with Crippen molar-refractivity contribution in [2.24, 2.45) is 0 Å². The Morgan fingerprint density at radius 3 is 2.67 bits per heavy atom. The normalized spacial score (nSPS) is 15.1. The minimum atomic E-state index is -0.736. The van der Waals surface area contributed by atoms with Crippen molar-refractivity contribution in [3.8, 4) is 6.07 Å². The van der Waals surface area contributed by atoms with Crippen LogP contribution in [-0.2, 0) is 4.79 Å². The minimum Gasteiger partial charge on any atom is -0.376 e. The van der Waals surface area contributed by atoms with Crippen LogP contribution in [0.3, 0.4) is 0 Å². The van der Waals surface area contributed by atoms with Gasteiger partial charge in [0.05, 0.1) is 18.2 Å². The van der Waals surface area contributed by atoms with Crippen LogP contribution in [0.2, 0.25) is 0 Å². The summed E-state index contributed by atoms with van der Waals surface area (Å²) in [6.07, 6.45) is 4.89. The van der Waals surface area contributed by atoms with Gasteiger partial charge >= 0.3 is 0 Å². The molecule has 1 aromatic rings. The molecule has 3 N–H and O–H groups in total. The molecule has 0 saturated heterocycles. The molecule has 6 nitrogen and oxygen atoms in total. The summed E-state index contributed by atoms with van der Waals surface area (Å²) in [5, 5.41) is 17.8. The van der Waals surface area contributed by atoms with Crippen LogP contribution in [0.4, 0.5) is 5.69 Å². The average molecular weight is 326 g/mol. The number of hydrogen-bond donors (Lipinski definition) is 3. The van der Waals surface area contributed by atoms with Crippen molar-refractivity contribution >= 4 is 17.5 Å². The Balaban J connectivity index is 1.96. The number of rotatable bonds is 7. The van der Waals surface area contributed by atoms with Crippen LogP contribution in [0.25, 0.3) is 0 Å². The van der Waals surface area contributed by atoms with Gasteiger partial charge in [0.1, 0.15) is 5.54 Å². The number of benzene rings is 1. The summed E-state index contributed by atoms with van der Waals surface area (Å²) < 4.78 is 0. The van der Waals surface area contributed by atoms with E-state index in [0.717, 1.165) is 12.8 Å². The van der Waals surface area contributed by atoms with Gasteiger partial charge in [-0.1, -0.05) is 18.2 Å². The maximum Gasteiger partial charge on any atom is 0.253 e. The van der Waals surface area contributed by atoms with Crippen molar-refractivity contribution in [2.75, 3.05) is 18.4 Å². The van der Waals surface area contributed by atoms with Gasteiger partial charge in [-0.3, -0.25) is 9.59 Å². The van der Waals surface area contributed by atoms with Crippen molar-refractivity contribution < 1.29 is 9.59 Å². The lowest BCUT2D eigenvalue weighted by molar-refractivity contribution is -0.120. The molecule has 0 radical (unpaired) electrons. The first kappa shape index (κ1) is 17.5. The molecule has 0 spiro atoms. The van der Waals surface area contributed by atoms with Gasteiger partial charge in [0.2, 0.25) is 5.91 Å². The molecule has 0 bridgehead atoms. The fourth-order valence-electron chi connectivity index (χ4n) is 2.83. The molecule has 1 aliphatic carbocycles. The molecule has 0 aliphatic heterocycles. The molecular weight excluding hydrogens is 304 g/mol. The maximum atomic E-state index is 12.2. The average Bonchev–Trinajstić information content (AvgIpc) is 3.07. The molecule has 0 atom stereocenters. The first-order chi connectivity index (χ1) is 11.6. The Bertz CT molecular complexity index is 657. The molecule has 0 heterocycles. The lowest BCUT2D eigenvalue weighted by Gasteiger charge is -2.22. The fourth-order valence-corrected chi connectivity index (χ4v) is 2.83. The quantitative estimate of drug-likeness (QED) is 0.668. The highest BCUT2D eigenvalue weighted by Crippen LogP contribution is 2.28. The lowest BCUT2D eigenvalue weighted by Crippen LogP contribution is -2.47. The van der Waals surface area contributed by atoms with Gasteiger partial charge in [0, 0.05) is 12.2 Å². The van der Waals surface area contributed by atoms with Crippen LogP contribution in [0.1, 0.15) is 36.0 Å². The van der Waals surface area contributed by atoms with E-state index in [0.29, 0.717) is 30.6 Å². The topological polar surface area (TPSA) is 94.0 Å². The number of hydrogen-bond acceptors (Lipinski definition) is 4. The van der Waals surface area contributed by atoms with E-state index < -0.39 is 5.54 Å². The second kappa shape index (κ2) is 8.16. The maximum absolute atomic E-state index is 12.2. The van der Waals surface area contributed by atoms with E-state index in [-0.39, 0.29) is 18.4 Å². The summed E-state index contributed by atoms with van der Waals surface area (Å²) in [4.78, 5) is 24.3. The van der Waals surface area contributed by atoms with Gasteiger partial charge in [0.25, 0.3) is 5.91 Å². The molecule has 0 aromatic heterocycles. The van der Waals surface area contributed by atoms with Crippen molar-refractivity contribution in [1.29, 1.82) is 5.26 Å². The summed E-state index contributed by atoms with van der Waals surface area (Å²) in [5.74, 6) is -0.484. The Morgan fingerprint density at radius 2 is 2.00 bits per heavy atom. The number of carbonyl (C=O) groups is 2. The highest BCUT2D eigenvalue weighted by Gasteiger charge is 2.35. The van der Waals surface area contributed by atoms with Gasteiger partial charge in [-0.25, -0.2) is 0 Å². The highest BCUT2D eigenvalue weighted by molar-refractivity contribution is 6.00. The zero-order valence-electron chi connectivity index (χ0n) is 13.6. The van der Waals surface area contributed by atoms with Crippen LogP contribution in [0.15, 0.2) is 36.9 Å². The fraction of sp³-hybridized carbons (Fsp3) is 0.389. The molecule has 1 fully saturated rings. The number of amides is 2. The van der Waals surface area contributed by atoms with Gasteiger partial charge < -0.3 is 16.0 Å². The van der Waals surface area contributed by atoms with Crippen LogP contribution in [0, 0.1) is 11.3 Å². The molecule has 6 heteroatoms. The number of anilines is 1. The molecule has 0 unspecified atom stereocenters. The third-order valence-electron chi connectivity index (χ3n) is 4.07. The molecular formula is C18H22N4O2. The molecule has 1 saturated carbocycles. The molecule has 2 rings (SSSR count). The van der Waals surface area contributed by atoms with E-state index >= 15 is 0 Å². The van der Waals surface area contributed by atoms with Crippen molar-refractivity contribution in [2.45, 2.75) is 31.2 Å². The Hall–Kier alpha value is -2.81. The van der Waals surface area contributed by atoms with E-state index in [9.17, 15) is 14.9 Å². The largest absolute Gasteiger partial charge is 0.376 e. The molecule has 126 valence electrons. The van der Waals surface area contributed by atoms with Crippen LogP contribution >= 0.6 is 0 Å². The van der Waals surface area contributed by atoms with Crippen LogP contribution < -0.4 is 16.0 Å². The van der Waals surface area contributed by atoms with Crippen molar-refractivity contribution in [3.05, 3.63) is 42.5 Å². The van der Waals surface area contributed by atoms with Crippen molar-refractivity contribution in [3.63, 3.8) is 0 Å². The Labute approximate surface area is 141 Å². The Kier molecular flexibility index (Phi) is 5.96. The summed E-state index contributed by atoms with van der Waals surface area (Å²) in [7, 11) is 0. The van der Waals surface area contributed by atoms with Gasteiger partial charge in [-0.2, -0.15) is 5.26 Å². The monoisotopic (exact) mass is 326 g/mol. The van der Waals surface area contributed by atoms with Gasteiger partial charge in [0.15, 0.2) is 0 Å². The standard InChI is InChI=1S/C18H22N4O2/c1-2-11-20-17(24)14-7-3-4-8-15(14)21-12-16(23)22-18(13-19)9-5-6-10-18/h2-4,7-8,21H,1,5-6,9-12H2,(H,20,24)(H,22,23). The second-order valence-electron chi connectivity index (χ2n) is 5.85. The van der Waals surface area contributed by atoms with Crippen LogP contribution in [-0.4, -0.2) is 30.4 Å². The summed E-state index contributed by atoms with van der Waals surface area (Å²) in [6, 6.07) is 9.21.